The van der Waals surface area contributed by atoms with E-state index in [2.05, 4.69) is 0 Å². The van der Waals surface area contributed by atoms with Crippen LogP contribution in [0, 0.1) is 5.92 Å². The van der Waals surface area contributed by atoms with Crippen LogP contribution >= 0.6 is 0 Å². The second-order valence-corrected chi connectivity index (χ2v) is 2.59. The topological polar surface area (TPSA) is 9.23 Å². The van der Waals surface area contributed by atoms with Crippen LogP contribution in [-0.2, 0) is 4.74 Å². The lowest BCUT2D eigenvalue weighted by molar-refractivity contribution is 0.0727. The van der Waals surface area contributed by atoms with Gasteiger partial charge in [0.2, 0.25) is 0 Å². The molecule has 2 fully saturated rings. The summed E-state index contributed by atoms with van der Waals surface area (Å²) >= 11 is 0. The van der Waals surface area contributed by atoms with Crippen molar-refractivity contribution < 1.29 is 9.13 Å². The molecule has 0 spiro atoms. The molecule has 1 heterocycles. The minimum Gasteiger partial charge on any atom is -0.375 e. The van der Waals surface area contributed by atoms with Gasteiger partial charge in [-0.05, 0) is 12.8 Å². The van der Waals surface area contributed by atoms with Crippen molar-refractivity contribution in [3.8, 4) is 0 Å². The lowest BCUT2D eigenvalue weighted by Crippen LogP contribution is -2.05. The molecule has 0 aromatic rings. The molecule has 0 radical (unpaired) electrons. The van der Waals surface area contributed by atoms with Gasteiger partial charge in [-0.3, -0.25) is 0 Å². The van der Waals surface area contributed by atoms with Gasteiger partial charge in [-0.25, -0.2) is 4.39 Å². The van der Waals surface area contributed by atoms with E-state index in [9.17, 15) is 4.39 Å². The number of ether oxygens (including phenoxy) is 1. The predicted molar refractivity (Wildman–Crippen MR) is 27.4 cm³/mol. The van der Waals surface area contributed by atoms with Gasteiger partial charge in [-0.1, -0.05) is 0 Å². The van der Waals surface area contributed by atoms with Crippen molar-refractivity contribution in [1.82, 2.24) is 0 Å². The Bertz CT molecular complexity index is 92.7. The number of hydrogen-bond acceptors (Lipinski definition) is 1. The van der Waals surface area contributed by atoms with E-state index in [0.29, 0.717) is 0 Å². The SMILES string of the molecule is F[C@@H]1[C@H]2CCCO[C@@H]12. The molecule has 0 aromatic heterocycles. The third kappa shape index (κ3) is 0.494. The Morgan fingerprint density at radius 3 is 2.88 bits per heavy atom. The molecule has 0 N–H and O–H groups in total. The number of hydrogen-bond donors (Lipinski definition) is 0. The molecule has 0 amide bonds. The molecule has 2 heteroatoms. The van der Waals surface area contributed by atoms with E-state index in [1.807, 2.05) is 0 Å². The van der Waals surface area contributed by atoms with Crippen molar-refractivity contribution in [1.29, 1.82) is 0 Å². The fraction of sp³-hybridized carbons (Fsp3) is 1.00. The number of alkyl halides is 1. The van der Waals surface area contributed by atoms with Crippen LogP contribution in [0.2, 0.25) is 0 Å². The number of fused-ring (bicyclic) bond motifs is 1. The highest BCUT2D eigenvalue weighted by Crippen LogP contribution is 2.43. The van der Waals surface area contributed by atoms with Crippen LogP contribution in [0.25, 0.3) is 0 Å². The summed E-state index contributed by atoms with van der Waals surface area (Å²) in [6, 6.07) is 0. The van der Waals surface area contributed by atoms with Crippen LogP contribution in [0.4, 0.5) is 4.39 Å². The molecule has 1 saturated heterocycles. The first-order valence-electron chi connectivity index (χ1n) is 3.15. The average Bonchev–Trinajstić information content (AvgIpc) is 2.46. The van der Waals surface area contributed by atoms with Crippen molar-refractivity contribution in [2.75, 3.05) is 6.61 Å². The first-order valence-corrected chi connectivity index (χ1v) is 3.15. The summed E-state index contributed by atoms with van der Waals surface area (Å²) in [4.78, 5) is 0. The summed E-state index contributed by atoms with van der Waals surface area (Å²) < 4.78 is 17.4. The quantitative estimate of drug-likeness (QED) is 0.461. The molecule has 8 heavy (non-hydrogen) atoms. The molecule has 2 aliphatic rings. The van der Waals surface area contributed by atoms with Gasteiger partial charge in [0, 0.05) is 12.5 Å². The van der Waals surface area contributed by atoms with E-state index in [4.69, 9.17) is 4.74 Å². The normalized spacial score (nSPS) is 52.9. The maximum atomic E-state index is 12.4. The zero-order valence-corrected chi connectivity index (χ0v) is 4.64. The minimum absolute atomic E-state index is 0.00347. The van der Waals surface area contributed by atoms with Crippen LogP contribution in [-0.4, -0.2) is 18.9 Å². The largest absolute Gasteiger partial charge is 0.375 e. The van der Waals surface area contributed by atoms with Crippen LogP contribution < -0.4 is 0 Å². The summed E-state index contributed by atoms with van der Waals surface area (Å²) in [7, 11) is 0. The smallest absolute Gasteiger partial charge is 0.132 e. The maximum absolute atomic E-state index is 12.4. The van der Waals surface area contributed by atoms with Gasteiger partial charge < -0.3 is 4.74 Å². The molecular weight excluding hydrogens is 107 g/mol. The Morgan fingerprint density at radius 2 is 2.38 bits per heavy atom. The first kappa shape index (κ1) is 4.74. The zero-order valence-electron chi connectivity index (χ0n) is 4.64. The fourth-order valence-electron chi connectivity index (χ4n) is 1.38. The van der Waals surface area contributed by atoms with Gasteiger partial charge in [0.1, 0.15) is 6.17 Å². The van der Waals surface area contributed by atoms with Gasteiger partial charge >= 0.3 is 0 Å². The van der Waals surface area contributed by atoms with Crippen LogP contribution in [0.5, 0.6) is 0 Å². The van der Waals surface area contributed by atoms with E-state index >= 15 is 0 Å². The summed E-state index contributed by atoms with van der Waals surface area (Å²) in [5, 5.41) is 0. The molecule has 0 aromatic carbocycles. The summed E-state index contributed by atoms with van der Waals surface area (Å²) in [6.07, 6.45) is 1.49. The van der Waals surface area contributed by atoms with Gasteiger partial charge in [-0.2, -0.15) is 0 Å². The number of halogens is 1. The van der Waals surface area contributed by atoms with E-state index < -0.39 is 6.17 Å². The predicted octanol–water partition coefficient (Wildman–Crippen LogP) is 1.13. The summed E-state index contributed by atoms with van der Waals surface area (Å²) in [6.45, 7) is 0.779. The molecule has 3 atom stereocenters. The minimum atomic E-state index is -0.613. The Hall–Kier alpha value is -0.110. The third-order valence-corrected chi connectivity index (χ3v) is 2.00. The van der Waals surface area contributed by atoms with E-state index in [1.165, 1.54) is 0 Å². The highest BCUT2D eigenvalue weighted by atomic mass is 19.1. The molecule has 2 rings (SSSR count). The van der Waals surface area contributed by atoms with Crippen molar-refractivity contribution in [3.63, 3.8) is 0 Å². The summed E-state index contributed by atoms with van der Waals surface area (Å²) in [5.41, 5.74) is 0. The molecule has 0 bridgehead atoms. The van der Waals surface area contributed by atoms with Crippen molar-refractivity contribution in [3.05, 3.63) is 0 Å². The van der Waals surface area contributed by atoms with Gasteiger partial charge in [-0.15, -0.1) is 0 Å². The van der Waals surface area contributed by atoms with Crippen LogP contribution in [0.1, 0.15) is 12.8 Å². The second-order valence-electron chi connectivity index (χ2n) is 2.59. The fourth-order valence-corrected chi connectivity index (χ4v) is 1.38. The third-order valence-electron chi connectivity index (χ3n) is 2.00. The number of rotatable bonds is 0. The van der Waals surface area contributed by atoms with E-state index in [1.54, 1.807) is 0 Å². The molecule has 1 saturated carbocycles. The van der Waals surface area contributed by atoms with E-state index in [-0.39, 0.29) is 12.0 Å². The highest BCUT2D eigenvalue weighted by molar-refractivity contribution is 5.01. The summed E-state index contributed by atoms with van der Waals surface area (Å²) in [5.74, 6) is 0.281. The Labute approximate surface area is 47.8 Å². The van der Waals surface area contributed by atoms with Crippen molar-refractivity contribution >= 4 is 0 Å². The zero-order chi connectivity index (χ0) is 5.56. The Kier molecular flexibility index (Phi) is 0.852. The molecule has 1 aliphatic heterocycles. The standard InChI is InChI=1S/C6H9FO/c7-5-4-2-1-3-8-6(4)5/h4-6H,1-3H2/t4-,5-,6-/m1/s1. The van der Waals surface area contributed by atoms with Gasteiger partial charge in [0.05, 0.1) is 6.10 Å². The van der Waals surface area contributed by atoms with Crippen LogP contribution in [0.3, 0.4) is 0 Å². The monoisotopic (exact) mass is 116 g/mol. The molecule has 1 aliphatic carbocycles. The molecular formula is C6H9FO. The van der Waals surface area contributed by atoms with Crippen molar-refractivity contribution in [2.45, 2.75) is 25.1 Å². The maximum Gasteiger partial charge on any atom is 0.132 e. The molecule has 0 unspecified atom stereocenters. The molecule has 1 nitrogen and oxygen atoms in total. The first-order chi connectivity index (χ1) is 3.89. The lowest BCUT2D eigenvalue weighted by atomic mass is 10.2. The molecule has 46 valence electrons. The van der Waals surface area contributed by atoms with Crippen LogP contribution in [0.15, 0.2) is 0 Å². The second kappa shape index (κ2) is 1.44. The Morgan fingerprint density at radius 1 is 1.50 bits per heavy atom. The van der Waals surface area contributed by atoms with E-state index in [0.717, 1.165) is 19.4 Å². The average molecular weight is 116 g/mol. The highest BCUT2D eigenvalue weighted by Gasteiger charge is 2.53. The van der Waals surface area contributed by atoms with Gasteiger partial charge in [0.25, 0.3) is 0 Å². The lowest BCUT2D eigenvalue weighted by Gasteiger charge is -2.06. The van der Waals surface area contributed by atoms with Gasteiger partial charge in [0.15, 0.2) is 0 Å². The van der Waals surface area contributed by atoms with Crippen molar-refractivity contribution in [2.24, 2.45) is 5.92 Å². The Balaban J connectivity index is 1.97.